The normalized spacial score (nSPS) is 47.6. The lowest BCUT2D eigenvalue weighted by molar-refractivity contribution is -1.47. The molecule has 5 nitrogen and oxygen atoms in total. The Labute approximate surface area is 50.3 Å². The molecule has 1 saturated heterocycles. The summed E-state index contributed by atoms with van der Waals surface area (Å²) < 4.78 is -1.74. The predicted octanol–water partition coefficient (Wildman–Crippen LogP) is -1.35. The SMILES string of the molecule is [O-][NH+]1CCS[N+]1([O-])O. The Balaban J connectivity index is 2.54. The number of hydroxylamine groups is 1. The average molecular weight is 138 g/mol. The largest absolute Gasteiger partial charge is 0.580 e. The Hall–Kier alpha value is 0.150. The van der Waals surface area contributed by atoms with E-state index in [1.165, 1.54) is 0 Å². The molecule has 0 amide bonds. The molecule has 0 saturated carbocycles. The number of nitrogens with zero attached hydrogens (tertiary/aromatic N) is 1. The second kappa shape index (κ2) is 1.83. The molecule has 1 aliphatic heterocycles. The van der Waals surface area contributed by atoms with E-state index in [9.17, 15) is 10.4 Å². The van der Waals surface area contributed by atoms with Gasteiger partial charge in [0.25, 0.3) is 0 Å². The summed E-state index contributed by atoms with van der Waals surface area (Å²) in [6, 6.07) is 0. The zero-order valence-corrected chi connectivity index (χ0v) is 4.85. The Kier molecular flexibility index (Phi) is 1.44. The molecular formula is C2H6N2O3S. The molecular weight excluding hydrogens is 132 g/mol. The third kappa shape index (κ3) is 0.943. The van der Waals surface area contributed by atoms with Crippen LogP contribution in [0.15, 0.2) is 0 Å². The van der Waals surface area contributed by atoms with Crippen LogP contribution in [0, 0.1) is 10.4 Å². The Morgan fingerprint density at radius 1 is 1.75 bits per heavy atom. The Bertz CT molecular complexity index is 97.3. The highest BCUT2D eigenvalue weighted by atomic mass is 32.2. The Morgan fingerprint density at radius 2 is 2.38 bits per heavy atom. The molecule has 6 heteroatoms. The van der Waals surface area contributed by atoms with Crippen molar-refractivity contribution in [3.8, 4) is 0 Å². The summed E-state index contributed by atoms with van der Waals surface area (Å²) in [7, 11) is 0. The van der Waals surface area contributed by atoms with Gasteiger partial charge in [-0.2, -0.15) is 10.4 Å². The summed E-state index contributed by atoms with van der Waals surface area (Å²) in [4.78, 5) is 0. The van der Waals surface area contributed by atoms with Crippen molar-refractivity contribution in [1.82, 2.24) is 0 Å². The number of rotatable bonds is 0. The van der Waals surface area contributed by atoms with Crippen LogP contribution in [-0.2, 0) is 0 Å². The number of nitrogens with one attached hydrogen (secondary N) is 1. The van der Waals surface area contributed by atoms with Crippen molar-refractivity contribution < 1.29 is 14.7 Å². The third-order valence-corrected chi connectivity index (χ3v) is 1.84. The maximum Gasteiger partial charge on any atom is 0.173 e. The van der Waals surface area contributed by atoms with E-state index in [4.69, 9.17) is 5.21 Å². The first-order valence-corrected chi connectivity index (χ1v) is 3.08. The highest BCUT2D eigenvalue weighted by Crippen LogP contribution is 2.13. The minimum Gasteiger partial charge on any atom is -0.580 e. The van der Waals surface area contributed by atoms with Crippen molar-refractivity contribution in [1.29, 1.82) is 0 Å². The zero-order chi connectivity index (χ0) is 6.20. The first kappa shape index (κ1) is 6.27. The summed E-state index contributed by atoms with van der Waals surface area (Å²) in [5.41, 5.74) is 0. The first-order chi connectivity index (χ1) is 3.63. The van der Waals surface area contributed by atoms with E-state index in [1.807, 2.05) is 0 Å². The van der Waals surface area contributed by atoms with E-state index in [1.54, 1.807) is 0 Å². The smallest absolute Gasteiger partial charge is 0.173 e. The van der Waals surface area contributed by atoms with Crippen molar-refractivity contribution in [2.24, 2.45) is 0 Å². The lowest BCUT2D eigenvalue weighted by Gasteiger charge is -2.30. The van der Waals surface area contributed by atoms with E-state index >= 15 is 0 Å². The molecule has 2 unspecified atom stereocenters. The van der Waals surface area contributed by atoms with Gasteiger partial charge < -0.3 is 10.4 Å². The second-order valence-corrected chi connectivity index (χ2v) is 2.66. The molecule has 0 aromatic heterocycles. The van der Waals surface area contributed by atoms with Gasteiger partial charge in [-0.05, 0) is 4.32 Å². The van der Waals surface area contributed by atoms with Gasteiger partial charge in [0.05, 0.1) is 0 Å². The van der Waals surface area contributed by atoms with Crippen LogP contribution in [0.25, 0.3) is 0 Å². The van der Waals surface area contributed by atoms with E-state index in [0.717, 1.165) is 0 Å². The van der Waals surface area contributed by atoms with Crippen LogP contribution in [0.1, 0.15) is 0 Å². The van der Waals surface area contributed by atoms with Crippen LogP contribution < -0.4 is 5.17 Å². The maximum atomic E-state index is 10.3. The van der Waals surface area contributed by atoms with Gasteiger partial charge in [-0.15, -0.1) is 0 Å². The van der Waals surface area contributed by atoms with Gasteiger partial charge in [0.15, 0.2) is 11.9 Å². The predicted molar refractivity (Wildman–Crippen MR) is 27.1 cm³/mol. The van der Waals surface area contributed by atoms with Gasteiger partial charge >= 0.3 is 0 Å². The molecule has 8 heavy (non-hydrogen) atoms. The van der Waals surface area contributed by atoms with Crippen molar-refractivity contribution >= 4 is 11.9 Å². The molecule has 48 valence electrons. The fourth-order valence-electron chi connectivity index (χ4n) is 0.470. The van der Waals surface area contributed by atoms with Crippen molar-refractivity contribution in [3.05, 3.63) is 10.4 Å². The summed E-state index contributed by atoms with van der Waals surface area (Å²) in [5.74, 6) is 0.429. The van der Waals surface area contributed by atoms with Crippen LogP contribution in [0.2, 0.25) is 0 Å². The zero-order valence-electron chi connectivity index (χ0n) is 4.03. The van der Waals surface area contributed by atoms with Crippen molar-refractivity contribution in [2.45, 2.75) is 0 Å². The van der Waals surface area contributed by atoms with Gasteiger partial charge in [0, 0.05) is 0 Å². The lowest BCUT2D eigenvalue weighted by Crippen LogP contribution is -3.15. The van der Waals surface area contributed by atoms with Gasteiger partial charge in [0.2, 0.25) is 0 Å². The summed E-state index contributed by atoms with van der Waals surface area (Å²) >= 11 is 0.696. The molecule has 0 aromatic rings. The molecule has 1 fully saturated rings. The van der Waals surface area contributed by atoms with Crippen LogP contribution >= 0.6 is 11.9 Å². The van der Waals surface area contributed by atoms with E-state index in [2.05, 4.69) is 0 Å². The molecule has 0 aromatic carbocycles. The standard InChI is InChI=1S/C2H6N2O3S/c5-3-1-2-8-4(3,6)7/h3,6H,1-2H2. The monoisotopic (exact) mass is 138 g/mol. The topological polar surface area (TPSA) is 70.8 Å². The van der Waals surface area contributed by atoms with E-state index < -0.39 is 9.50 Å². The summed E-state index contributed by atoms with van der Waals surface area (Å²) in [5, 5.41) is 28.4. The third-order valence-electron chi connectivity index (χ3n) is 0.897. The molecule has 1 rings (SSSR count). The highest BCUT2D eigenvalue weighted by molar-refractivity contribution is 7.93. The van der Waals surface area contributed by atoms with Gasteiger partial charge in [-0.1, -0.05) is 0 Å². The first-order valence-electron chi connectivity index (χ1n) is 2.14. The van der Waals surface area contributed by atoms with Gasteiger partial charge in [-0.3, -0.25) is 0 Å². The van der Waals surface area contributed by atoms with E-state index in [0.29, 0.717) is 17.7 Å². The summed E-state index contributed by atoms with van der Waals surface area (Å²) in [6.07, 6.45) is 0. The molecule has 0 spiro atoms. The molecule has 0 aliphatic carbocycles. The molecule has 0 radical (unpaired) electrons. The molecule has 2 N–H and O–H groups in total. The van der Waals surface area contributed by atoms with Crippen molar-refractivity contribution in [2.75, 3.05) is 12.3 Å². The number of hydrogen-bond donors (Lipinski definition) is 2. The fraction of sp³-hybridized carbons (Fsp3) is 1.00. The van der Waals surface area contributed by atoms with Crippen LogP contribution in [0.5, 0.6) is 0 Å². The molecule has 1 heterocycles. The van der Waals surface area contributed by atoms with E-state index in [-0.39, 0.29) is 6.54 Å². The quantitative estimate of drug-likeness (QED) is 0.246. The van der Waals surface area contributed by atoms with Gasteiger partial charge in [-0.25, -0.2) is 0 Å². The maximum absolute atomic E-state index is 10.3. The Morgan fingerprint density at radius 3 is 2.50 bits per heavy atom. The fourth-order valence-corrected chi connectivity index (χ4v) is 1.22. The summed E-state index contributed by atoms with van der Waals surface area (Å²) in [6.45, 7) is 0.185. The van der Waals surface area contributed by atoms with Crippen LogP contribution in [-0.4, -0.2) is 21.8 Å². The molecule has 1 aliphatic rings. The minimum atomic E-state index is -1.74. The number of hydrogen-bond acceptors (Lipinski definition) is 4. The molecule has 0 bridgehead atoms. The molecule has 2 atom stereocenters. The van der Waals surface area contributed by atoms with Gasteiger partial charge in [0.1, 0.15) is 12.3 Å². The van der Waals surface area contributed by atoms with Crippen LogP contribution in [0.4, 0.5) is 0 Å². The van der Waals surface area contributed by atoms with Crippen LogP contribution in [0.3, 0.4) is 0 Å². The highest BCUT2D eigenvalue weighted by Gasteiger charge is 2.31. The lowest BCUT2D eigenvalue weighted by atomic mass is 10.8. The minimum absolute atomic E-state index is 0.185. The number of quaternary nitrogens is 2. The van der Waals surface area contributed by atoms with Crippen molar-refractivity contribution in [3.63, 3.8) is 0 Å². The second-order valence-electron chi connectivity index (χ2n) is 1.50. The average Bonchev–Trinajstić information content (AvgIpc) is 1.86.